The van der Waals surface area contributed by atoms with Crippen LogP contribution < -0.4 is 5.32 Å². The van der Waals surface area contributed by atoms with Gasteiger partial charge in [0, 0.05) is 12.2 Å². The third-order valence-electron chi connectivity index (χ3n) is 3.45. The van der Waals surface area contributed by atoms with E-state index < -0.39 is 17.6 Å². The number of rotatable bonds is 3. The van der Waals surface area contributed by atoms with Crippen molar-refractivity contribution in [1.82, 2.24) is 0 Å². The van der Waals surface area contributed by atoms with Crippen molar-refractivity contribution in [3.05, 3.63) is 64.5 Å². The molecule has 0 amide bonds. The summed E-state index contributed by atoms with van der Waals surface area (Å²) in [5.74, 6) is -0.891. The van der Waals surface area contributed by atoms with Gasteiger partial charge in [0.25, 0.3) is 0 Å². The van der Waals surface area contributed by atoms with Crippen molar-refractivity contribution in [3.8, 4) is 0 Å². The highest BCUT2D eigenvalue weighted by atomic mass is 19.4. The average molecular weight is 297 g/mol. The van der Waals surface area contributed by atoms with E-state index in [1.54, 1.807) is 6.07 Å². The van der Waals surface area contributed by atoms with Crippen LogP contribution in [0.2, 0.25) is 0 Å². The number of alkyl halides is 3. The lowest BCUT2D eigenvalue weighted by Crippen LogP contribution is -2.12. The van der Waals surface area contributed by atoms with E-state index in [9.17, 15) is 17.6 Å². The molecule has 0 atom stereocenters. The molecule has 0 unspecified atom stereocenters. The van der Waals surface area contributed by atoms with Crippen molar-refractivity contribution < 1.29 is 17.6 Å². The van der Waals surface area contributed by atoms with Crippen molar-refractivity contribution >= 4 is 5.69 Å². The highest BCUT2D eigenvalue weighted by Gasteiger charge is 2.33. The second-order valence-corrected chi connectivity index (χ2v) is 4.90. The largest absolute Gasteiger partial charge is 0.416 e. The van der Waals surface area contributed by atoms with E-state index in [1.165, 1.54) is 0 Å². The Balaban J connectivity index is 2.26. The first-order valence-corrected chi connectivity index (χ1v) is 6.45. The van der Waals surface area contributed by atoms with E-state index in [0.717, 1.165) is 28.9 Å². The quantitative estimate of drug-likeness (QED) is 0.780. The number of hydrogen-bond acceptors (Lipinski definition) is 1. The Bertz CT molecular complexity index is 647. The van der Waals surface area contributed by atoms with Gasteiger partial charge in [-0.05, 0) is 48.7 Å². The van der Waals surface area contributed by atoms with Gasteiger partial charge in [0.2, 0.25) is 0 Å². The third-order valence-corrected chi connectivity index (χ3v) is 3.45. The van der Waals surface area contributed by atoms with Crippen molar-refractivity contribution in [1.29, 1.82) is 0 Å². The summed E-state index contributed by atoms with van der Waals surface area (Å²) in [4.78, 5) is 0. The summed E-state index contributed by atoms with van der Waals surface area (Å²) >= 11 is 0. The molecule has 5 heteroatoms. The molecule has 0 saturated heterocycles. The highest BCUT2D eigenvalue weighted by Crippen LogP contribution is 2.33. The monoisotopic (exact) mass is 297 g/mol. The number of hydrogen-bond donors (Lipinski definition) is 1. The minimum atomic E-state index is -4.57. The lowest BCUT2D eigenvalue weighted by molar-refractivity contribution is -0.138. The molecule has 0 spiro atoms. The average Bonchev–Trinajstić information content (AvgIpc) is 2.40. The lowest BCUT2D eigenvalue weighted by Gasteiger charge is -2.16. The summed E-state index contributed by atoms with van der Waals surface area (Å²) in [5.41, 5.74) is 1.88. The van der Waals surface area contributed by atoms with Crippen LogP contribution in [0, 0.1) is 19.7 Å². The molecule has 0 aliphatic carbocycles. The van der Waals surface area contributed by atoms with Crippen molar-refractivity contribution in [2.24, 2.45) is 0 Å². The molecular formula is C16H15F4N. The van der Waals surface area contributed by atoms with E-state index in [1.807, 2.05) is 26.0 Å². The highest BCUT2D eigenvalue weighted by molar-refractivity contribution is 5.54. The number of benzene rings is 2. The summed E-state index contributed by atoms with van der Waals surface area (Å²) in [5, 5.41) is 2.98. The van der Waals surface area contributed by atoms with Crippen LogP contribution in [0.15, 0.2) is 36.4 Å². The molecule has 112 valence electrons. The molecule has 0 aliphatic heterocycles. The fourth-order valence-electron chi connectivity index (χ4n) is 2.10. The van der Waals surface area contributed by atoms with Gasteiger partial charge in [-0.1, -0.05) is 18.2 Å². The SMILES string of the molecule is Cc1cccc(NCc2ccc(F)cc2C(F)(F)F)c1C. The van der Waals surface area contributed by atoms with Crippen LogP contribution in [0.4, 0.5) is 23.2 Å². The molecule has 0 aliphatic rings. The van der Waals surface area contributed by atoms with Gasteiger partial charge in [-0.3, -0.25) is 0 Å². The van der Waals surface area contributed by atoms with Gasteiger partial charge in [-0.15, -0.1) is 0 Å². The molecule has 21 heavy (non-hydrogen) atoms. The first kappa shape index (κ1) is 15.4. The van der Waals surface area contributed by atoms with E-state index >= 15 is 0 Å². The predicted molar refractivity (Wildman–Crippen MR) is 74.6 cm³/mol. The smallest absolute Gasteiger partial charge is 0.381 e. The zero-order chi connectivity index (χ0) is 15.6. The van der Waals surface area contributed by atoms with Crippen LogP contribution in [0.5, 0.6) is 0 Å². The number of anilines is 1. The molecule has 2 aromatic rings. The van der Waals surface area contributed by atoms with Crippen molar-refractivity contribution in [2.45, 2.75) is 26.6 Å². The van der Waals surface area contributed by atoms with Crippen molar-refractivity contribution in [3.63, 3.8) is 0 Å². The van der Waals surface area contributed by atoms with Gasteiger partial charge >= 0.3 is 6.18 Å². The summed E-state index contributed by atoms with van der Waals surface area (Å²) in [6.07, 6.45) is -4.57. The minimum Gasteiger partial charge on any atom is -0.381 e. The second-order valence-electron chi connectivity index (χ2n) is 4.90. The first-order valence-electron chi connectivity index (χ1n) is 6.45. The van der Waals surface area contributed by atoms with Gasteiger partial charge in [-0.2, -0.15) is 13.2 Å². The Kier molecular flexibility index (Phi) is 4.21. The third kappa shape index (κ3) is 3.54. The van der Waals surface area contributed by atoms with Crippen LogP contribution in [0.1, 0.15) is 22.3 Å². The maximum atomic E-state index is 13.0. The summed E-state index contributed by atoms with van der Waals surface area (Å²) in [7, 11) is 0. The van der Waals surface area contributed by atoms with Crippen LogP contribution in [-0.4, -0.2) is 0 Å². The van der Waals surface area contributed by atoms with Gasteiger partial charge in [0.1, 0.15) is 5.82 Å². The Morgan fingerprint density at radius 2 is 1.76 bits per heavy atom. The number of halogens is 4. The Morgan fingerprint density at radius 3 is 2.43 bits per heavy atom. The molecular weight excluding hydrogens is 282 g/mol. The molecule has 0 bridgehead atoms. The maximum absolute atomic E-state index is 13.0. The molecule has 2 rings (SSSR count). The zero-order valence-corrected chi connectivity index (χ0v) is 11.7. The maximum Gasteiger partial charge on any atom is 0.416 e. The molecule has 0 heterocycles. The standard InChI is InChI=1S/C16H15F4N/c1-10-4-3-5-15(11(10)2)21-9-12-6-7-13(17)8-14(12)16(18,19)20/h3-8,21H,9H2,1-2H3. The topological polar surface area (TPSA) is 12.0 Å². The molecule has 0 radical (unpaired) electrons. The Hall–Kier alpha value is -2.04. The molecule has 1 nitrogen and oxygen atoms in total. The van der Waals surface area contributed by atoms with E-state index in [-0.39, 0.29) is 12.1 Å². The second kappa shape index (κ2) is 5.76. The number of nitrogens with one attached hydrogen (secondary N) is 1. The van der Waals surface area contributed by atoms with Gasteiger partial charge in [0.15, 0.2) is 0 Å². The summed E-state index contributed by atoms with van der Waals surface area (Å²) in [6, 6.07) is 8.30. The van der Waals surface area contributed by atoms with E-state index in [4.69, 9.17) is 0 Å². The fourth-order valence-corrected chi connectivity index (χ4v) is 2.10. The van der Waals surface area contributed by atoms with E-state index in [2.05, 4.69) is 5.32 Å². The normalized spacial score (nSPS) is 11.5. The van der Waals surface area contributed by atoms with Crippen LogP contribution >= 0.6 is 0 Å². The molecule has 0 aromatic heterocycles. The molecule has 1 N–H and O–H groups in total. The summed E-state index contributed by atoms with van der Waals surface area (Å²) < 4.78 is 51.7. The Morgan fingerprint density at radius 1 is 1.05 bits per heavy atom. The number of aryl methyl sites for hydroxylation is 1. The van der Waals surface area contributed by atoms with Crippen LogP contribution in [0.3, 0.4) is 0 Å². The van der Waals surface area contributed by atoms with Gasteiger partial charge < -0.3 is 5.32 Å². The zero-order valence-electron chi connectivity index (χ0n) is 11.7. The van der Waals surface area contributed by atoms with Gasteiger partial charge in [0.05, 0.1) is 5.56 Å². The Labute approximate surface area is 120 Å². The van der Waals surface area contributed by atoms with Crippen LogP contribution in [-0.2, 0) is 12.7 Å². The van der Waals surface area contributed by atoms with Crippen LogP contribution in [0.25, 0.3) is 0 Å². The molecule has 0 saturated carbocycles. The lowest BCUT2D eigenvalue weighted by atomic mass is 10.1. The minimum absolute atomic E-state index is 0.0145. The summed E-state index contributed by atoms with van der Waals surface area (Å²) in [6.45, 7) is 3.81. The van der Waals surface area contributed by atoms with E-state index in [0.29, 0.717) is 6.07 Å². The fraction of sp³-hybridized carbons (Fsp3) is 0.250. The first-order chi connectivity index (χ1) is 9.79. The van der Waals surface area contributed by atoms with Crippen molar-refractivity contribution in [2.75, 3.05) is 5.32 Å². The van der Waals surface area contributed by atoms with Gasteiger partial charge in [-0.25, -0.2) is 4.39 Å². The molecule has 0 fully saturated rings. The molecule has 2 aromatic carbocycles. The predicted octanol–water partition coefficient (Wildman–Crippen LogP) is 5.07.